The van der Waals surface area contributed by atoms with Crippen LogP contribution in [0.1, 0.15) is 44.3 Å². The number of hydrogen-bond donors (Lipinski definition) is 1. The smallest absolute Gasteiger partial charge is 0.0997 e. The first kappa shape index (κ1) is 14.0. The minimum Gasteiger partial charge on any atom is -0.387 e. The van der Waals surface area contributed by atoms with Crippen LogP contribution >= 0.6 is 0 Å². The molecule has 2 aromatic rings. The maximum absolute atomic E-state index is 10.9. The Morgan fingerprint density at radius 3 is 2.71 bits per heavy atom. The van der Waals surface area contributed by atoms with Crippen LogP contribution in [0.2, 0.25) is 0 Å². The normalized spacial score (nSPS) is 27.2. The fourth-order valence-electron chi connectivity index (χ4n) is 3.37. The first-order valence-electron chi connectivity index (χ1n) is 7.59. The van der Waals surface area contributed by atoms with E-state index in [-0.39, 0.29) is 0 Å². The van der Waals surface area contributed by atoms with Gasteiger partial charge in [-0.05, 0) is 37.7 Å². The number of nitriles is 1. The first-order valence-corrected chi connectivity index (χ1v) is 7.59. The van der Waals surface area contributed by atoms with E-state index in [1.807, 2.05) is 30.3 Å². The highest BCUT2D eigenvalue weighted by atomic mass is 16.3. The standard InChI is InChI=1S/C18H20N2O/c1-13-7-9-18(12-19,10-8-13)17(21)15-6-2-4-14-5-3-11-20-16(14)15/h2-6,11,13,17,21H,7-10H2,1H3. The van der Waals surface area contributed by atoms with E-state index in [9.17, 15) is 10.4 Å². The average molecular weight is 280 g/mol. The lowest BCUT2D eigenvalue weighted by Gasteiger charge is -2.37. The van der Waals surface area contributed by atoms with E-state index in [0.717, 1.165) is 42.1 Å². The topological polar surface area (TPSA) is 56.9 Å². The van der Waals surface area contributed by atoms with Crippen molar-refractivity contribution in [3.63, 3.8) is 0 Å². The van der Waals surface area contributed by atoms with E-state index in [1.54, 1.807) is 6.20 Å². The van der Waals surface area contributed by atoms with Gasteiger partial charge < -0.3 is 5.11 Å². The molecule has 3 rings (SSSR count). The number of benzene rings is 1. The fraction of sp³-hybridized carbons (Fsp3) is 0.444. The fourth-order valence-corrected chi connectivity index (χ4v) is 3.37. The zero-order valence-corrected chi connectivity index (χ0v) is 12.3. The molecule has 3 nitrogen and oxygen atoms in total. The molecule has 0 radical (unpaired) electrons. The summed E-state index contributed by atoms with van der Waals surface area (Å²) in [6.45, 7) is 2.22. The van der Waals surface area contributed by atoms with E-state index in [2.05, 4.69) is 18.0 Å². The molecular weight excluding hydrogens is 260 g/mol. The summed E-state index contributed by atoms with van der Waals surface area (Å²) in [5.74, 6) is 0.643. The Balaban J connectivity index is 2.03. The van der Waals surface area contributed by atoms with Gasteiger partial charge in [-0.2, -0.15) is 5.26 Å². The number of aromatic nitrogens is 1. The Morgan fingerprint density at radius 2 is 2.00 bits per heavy atom. The van der Waals surface area contributed by atoms with Crippen LogP contribution in [0.5, 0.6) is 0 Å². The van der Waals surface area contributed by atoms with Crippen LogP contribution in [0.15, 0.2) is 36.5 Å². The summed E-state index contributed by atoms with van der Waals surface area (Å²) in [5, 5.41) is 21.6. The molecule has 0 spiro atoms. The number of aliphatic hydroxyl groups excluding tert-OH is 1. The number of nitrogens with zero attached hydrogens (tertiary/aromatic N) is 2. The quantitative estimate of drug-likeness (QED) is 0.905. The van der Waals surface area contributed by atoms with Crippen molar-refractivity contribution in [1.29, 1.82) is 5.26 Å². The van der Waals surface area contributed by atoms with Crippen LogP contribution in [-0.2, 0) is 0 Å². The molecule has 21 heavy (non-hydrogen) atoms. The molecule has 0 amide bonds. The van der Waals surface area contributed by atoms with Crippen LogP contribution in [0, 0.1) is 22.7 Å². The molecule has 1 saturated carbocycles. The van der Waals surface area contributed by atoms with Gasteiger partial charge in [0.1, 0.15) is 0 Å². The first-order chi connectivity index (χ1) is 10.2. The molecule has 1 aromatic carbocycles. The summed E-state index contributed by atoms with van der Waals surface area (Å²) in [5.41, 5.74) is 0.920. The number of hydrogen-bond acceptors (Lipinski definition) is 3. The highest BCUT2D eigenvalue weighted by molar-refractivity contribution is 5.82. The Morgan fingerprint density at radius 1 is 1.29 bits per heavy atom. The number of pyridine rings is 1. The van der Waals surface area contributed by atoms with Crippen molar-refractivity contribution in [1.82, 2.24) is 4.98 Å². The molecule has 1 aliphatic rings. The summed E-state index contributed by atoms with van der Waals surface area (Å²) >= 11 is 0. The summed E-state index contributed by atoms with van der Waals surface area (Å²) in [6, 6.07) is 12.1. The van der Waals surface area contributed by atoms with Crippen molar-refractivity contribution < 1.29 is 5.11 Å². The third-order valence-electron chi connectivity index (χ3n) is 4.87. The van der Waals surface area contributed by atoms with E-state index in [0.29, 0.717) is 5.92 Å². The predicted molar refractivity (Wildman–Crippen MR) is 82.4 cm³/mol. The average Bonchev–Trinajstić information content (AvgIpc) is 2.55. The minimum atomic E-state index is -0.770. The second kappa shape index (κ2) is 5.46. The second-order valence-electron chi connectivity index (χ2n) is 6.28. The molecule has 0 aliphatic heterocycles. The minimum absolute atomic E-state index is 0.643. The van der Waals surface area contributed by atoms with Crippen molar-refractivity contribution in [2.24, 2.45) is 11.3 Å². The van der Waals surface area contributed by atoms with E-state index >= 15 is 0 Å². The predicted octanol–water partition coefficient (Wildman–Crippen LogP) is 3.99. The molecule has 0 bridgehead atoms. The van der Waals surface area contributed by atoms with Crippen LogP contribution in [0.3, 0.4) is 0 Å². The van der Waals surface area contributed by atoms with Crippen LogP contribution in [0.25, 0.3) is 10.9 Å². The largest absolute Gasteiger partial charge is 0.387 e. The van der Waals surface area contributed by atoms with Gasteiger partial charge in [-0.1, -0.05) is 31.2 Å². The van der Waals surface area contributed by atoms with Gasteiger partial charge in [0.2, 0.25) is 0 Å². The van der Waals surface area contributed by atoms with E-state index in [1.165, 1.54) is 0 Å². The zero-order chi connectivity index (χ0) is 14.9. The van der Waals surface area contributed by atoms with Crippen LogP contribution in [-0.4, -0.2) is 10.1 Å². The van der Waals surface area contributed by atoms with Crippen molar-refractivity contribution in [2.45, 2.75) is 38.7 Å². The van der Waals surface area contributed by atoms with Crippen LogP contribution < -0.4 is 0 Å². The van der Waals surface area contributed by atoms with Gasteiger partial charge in [0, 0.05) is 17.1 Å². The molecule has 1 aromatic heterocycles. The third-order valence-corrected chi connectivity index (χ3v) is 4.87. The lowest BCUT2D eigenvalue weighted by atomic mass is 9.67. The Kier molecular flexibility index (Phi) is 3.65. The highest BCUT2D eigenvalue weighted by Gasteiger charge is 2.42. The Labute approximate surface area is 125 Å². The van der Waals surface area contributed by atoms with Gasteiger partial charge in [-0.15, -0.1) is 0 Å². The van der Waals surface area contributed by atoms with Gasteiger partial charge in [-0.3, -0.25) is 4.98 Å². The summed E-state index contributed by atoms with van der Waals surface area (Å²) in [7, 11) is 0. The molecule has 1 unspecified atom stereocenters. The molecular formula is C18H20N2O. The molecule has 1 N–H and O–H groups in total. The maximum Gasteiger partial charge on any atom is 0.0997 e. The van der Waals surface area contributed by atoms with Gasteiger partial charge in [0.15, 0.2) is 0 Å². The SMILES string of the molecule is CC1CCC(C#N)(C(O)c2cccc3cccnc23)CC1. The molecule has 1 aliphatic carbocycles. The molecule has 1 fully saturated rings. The molecule has 3 heteroatoms. The third kappa shape index (κ3) is 2.41. The molecule has 1 atom stereocenters. The van der Waals surface area contributed by atoms with Gasteiger partial charge >= 0.3 is 0 Å². The van der Waals surface area contributed by atoms with Crippen molar-refractivity contribution in [3.8, 4) is 6.07 Å². The van der Waals surface area contributed by atoms with Crippen molar-refractivity contribution in [2.75, 3.05) is 0 Å². The summed E-state index contributed by atoms with van der Waals surface area (Å²) in [4.78, 5) is 4.41. The van der Waals surface area contributed by atoms with Gasteiger partial charge in [-0.25, -0.2) is 0 Å². The van der Waals surface area contributed by atoms with Crippen molar-refractivity contribution >= 4 is 10.9 Å². The number of rotatable bonds is 2. The maximum atomic E-state index is 10.9. The Hall–Kier alpha value is -1.92. The number of aliphatic hydroxyl groups is 1. The molecule has 108 valence electrons. The number of fused-ring (bicyclic) bond motifs is 1. The lowest BCUT2D eigenvalue weighted by Crippen LogP contribution is -2.32. The second-order valence-corrected chi connectivity index (χ2v) is 6.28. The Bertz CT molecular complexity index is 676. The highest BCUT2D eigenvalue weighted by Crippen LogP contribution is 2.47. The number of para-hydroxylation sites is 1. The van der Waals surface area contributed by atoms with Crippen LogP contribution in [0.4, 0.5) is 0 Å². The van der Waals surface area contributed by atoms with Gasteiger partial charge in [0.05, 0.1) is 23.1 Å². The van der Waals surface area contributed by atoms with Crippen molar-refractivity contribution in [3.05, 3.63) is 42.1 Å². The molecule has 0 saturated heterocycles. The monoisotopic (exact) mass is 280 g/mol. The summed E-state index contributed by atoms with van der Waals surface area (Å²) in [6.07, 6.45) is 4.49. The van der Waals surface area contributed by atoms with E-state index in [4.69, 9.17) is 0 Å². The molecule has 1 heterocycles. The zero-order valence-electron chi connectivity index (χ0n) is 12.3. The summed E-state index contributed by atoms with van der Waals surface area (Å²) < 4.78 is 0. The van der Waals surface area contributed by atoms with Gasteiger partial charge in [0.25, 0.3) is 0 Å². The van der Waals surface area contributed by atoms with E-state index < -0.39 is 11.5 Å². The lowest BCUT2D eigenvalue weighted by molar-refractivity contribution is 0.0275.